The molecular weight excluding hydrogens is 530 g/mol. The van der Waals surface area contributed by atoms with E-state index in [4.69, 9.17) is 18.9 Å². The van der Waals surface area contributed by atoms with E-state index in [1.807, 2.05) is 99.6 Å². The van der Waals surface area contributed by atoms with Crippen molar-refractivity contribution < 1.29 is 28.5 Å². The van der Waals surface area contributed by atoms with Gasteiger partial charge in [0.15, 0.2) is 18.2 Å². The maximum atomic E-state index is 13.2. The Kier molecular flexibility index (Phi) is 11.7. The number of amides is 1. The van der Waals surface area contributed by atoms with Crippen molar-refractivity contribution in [3.05, 3.63) is 108 Å². The number of hydrogen-bond acceptors (Lipinski definition) is 6. The molecule has 1 heterocycles. The minimum absolute atomic E-state index is 0.0477. The van der Waals surface area contributed by atoms with Crippen LogP contribution in [0.5, 0.6) is 0 Å². The van der Waals surface area contributed by atoms with Crippen molar-refractivity contribution in [2.75, 3.05) is 0 Å². The van der Waals surface area contributed by atoms with Crippen molar-refractivity contribution in [3.63, 3.8) is 0 Å². The fourth-order valence-electron chi connectivity index (χ4n) is 5.23. The highest BCUT2D eigenvalue weighted by Gasteiger charge is 2.45. The zero-order chi connectivity index (χ0) is 29.9. The maximum absolute atomic E-state index is 13.2. The SMILES string of the molecule is C[C@H](CC(=O)[C@@H](C)OC(=O)N[C@H]1C(OCc2ccccc2)O[C@H](C)[C@@H](C)[C@@H]1OCc1ccccc1)Cc1ccccc1. The Labute approximate surface area is 249 Å². The molecule has 1 N–H and O–H groups in total. The monoisotopic (exact) mass is 573 g/mol. The van der Waals surface area contributed by atoms with E-state index in [-0.39, 0.29) is 23.7 Å². The van der Waals surface area contributed by atoms with Crippen molar-refractivity contribution in [1.29, 1.82) is 0 Å². The second-order valence-electron chi connectivity index (χ2n) is 11.3. The third-order valence-electron chi connectivity index (χ3n) is 7.80. The Hall–Kier alpha value is -3.52. The first-order chi connectivity index (χ1) is 20.3. The number of benzene rings is 3. The molecule has 0 aliphatic carbocycles. The second kappa shape index (κ2) is 15.6. The van der Waals surface area contributed by atoms with Crippen molar-refractivity contribution in [2.24, 2.45) is 11.8 Å². The quantitative estimate of drug-likeness (QED) is 0.252. The molecule has 42 heavy (non-hydrogen) atoms. The van der Waals surface area contributed by atoms with Gasteiger partial charge in [-0.3, -0.25) is 4.79 Å². The maximum Gasteiger partial charge on any atom is 0.408 e. The zero-order valence-corrected chi connectivity index (χ0v) is 25.0. The van der Waals surface area contributed by atoms with Crippen LogP contribution in [0.15, 0.2) is 91.0 Å². The second-order valence-corrected chi connectivity index (χ2v) is 11.3. The van der Waals surface area contributed by atoms with Gasteiger partial charge in [0, 0.05) is 12.3 Å². The van der Waals surface area contributed by atoms with E-state index in [2.05, 4.69) is 17.4 Å². The van der Waals surface area contributed by atoms with Gasteiger partial charge in [-0.2, -0.15) is 0 Å². The number of ketones is 1. The van der Waals surface area contributed by atoms with E-state index in [9.17, 15) is 9.59 Å². The summed E-state index contributed by atoms with van der Waals surface area (Å²) >= 11 is 0. The van der Waals surface area contributed by atoms with E-state index in [1.165, 1.54) is 5.56 Å². The molecule has 1 unspecified atom stereocenters. The third-order valence-corrected chi connectivity index (χ3v) is 7.80. The average Bonchev–Trinajstić information content (AvgIpc) is 2.99. The van der Waals surface area contributed by atoms with E-state index in [0.29, 0.717) is 19.6 Å². The Morgan fingerprint density at radius 1 is 0.786 bits per heavy atom. The van der Waals surface area contributed by atoms with Gasteiger partial charge >= 0.3 is 6.09 Å². The number of nitrogens with one attached hydrogen (secondary N) is 1. The molecule has 1 fully saturated rings. The number of ether oxygens (including phenoxy) is 4. The normalized spacial score (nSPS) is 23.5. The Bertz CT molecular complexity index is 1240. The lowest BCUT2D eigenvalue weighted by molar-refractivity contribution is -0.256. The molecule has 0 bridgehead atoms. The first kappa shape index (κ1) is 31.4. The molecule has 7 nitrogen and oxygen atoms in total. The lowest BCUT2D eigenvalue weighted by Crippen LogP contribution is -2.61. The number of Topliss-reactive ketones (excluding diaryl/α,β-unsaturated/α-hetero) is 1. The first-order valence-electron chi connectivity index (χ1n) is 14.8. The molecule has 1 aliphatic heterocycles. The highest BCUT2D eigenvalue weighted by Crippen LogP contribution is 2.30. The van der Waals surface area contributed by atoms with Crippen molar-refractivity contribution in [3.8, 4) is 0 Å². The molecule has 4 rings (SSSR count). The fourth-order valence-corrected chi connectivity index (χ4v) is 5.23. The summed E-state index contributed by atoms with van der Waals surface area (Å²) in [4.78, 5) is 26.1. The number of rotatable bonds is 13. The summed E-state index contributed by atoms with van der Waals surface area (Å²) in [7, 11) is 0. The molecule has 0 aromatic heterocycles. The Morgan fingerprint density at radius 2 is 1.31 bits per heavy atom. The van der Waals surface area contributed by atoms with Gasteiger partial charge in [-0.1, -0.05) is 105 Å². The van der Waals surface area contributed by atoms with Gasteiger partial charge in [-0.05, 0) is 42.9 Å². The minimum atomic E-state index is -0.892. The number of carbonyl (C=O) groups is 2. The van der Waals surface area contributed by atoms with E-state index < -0.39 is 30.6 Å². The molecule has 3 aromatic rings. The summed E-state index contributed by atoms with van der Waals surface area (Å²) in [5.41, 5.74) is 3.18. The summed E-state index contributed by atoms with van der Waals surface area (Å²) in [6, 6.07) is 29.1. The van der Waals surface area contributed by atoms with Crippen LogP contribution in [0.2, 0.25) is 0 Å². The average molecular weight is 574 g/mol. The minimum Gasteiger partial charge on any atom is -0.439 e. The van der Waals surface area contributed by atoms with Crippen LogP contribution in [0.4, 0.5) is 4.79 Å². The summed E-state index contributed by atoms with van der Waals surface area (Å²) < 4.78 is 24.4. The molecule has 1 aliphatic rings. The molecule has 1 amide bonds. The smallest absolute Gasteiger partial charge is 0.408 e. The Balaban J connectivity index is 1.41. The summed E-state index contributed by atoms with van der Waals surface area (Å²) in [5.74, 6) is -0.0488. The van der Waals surface area contributed by atoms with Gasteiger partial charge < -0.3 is 24.3 Å². The van der Waals surface area contributed by atoms with Gasteiger partial charge in [0.1, 0.15) is 6.04 Å². The lowest BCUT2D eigenvalue weighted by atomic mass is 9.89. The number of carbonyl (C=O) groups excluding carboxylic acids is 2. The van der Waals surface area contributed by atoms with Gasteiger partial charge in [0.25, 0.3) is 0 Å². The predicted molar refractivity (Wildman–Crippen MR) is 162 cm³/mol. The van der Waals surface area contributed by atoms with Crippen molar-refractivity contribution in [2.45, 2.75) is 84.4 Å². The van der Waals surface area contributed by atoms with Crippen LogP contribution in [0.3, 0.4) is 0 Å². The third kappa shape index (κ3) is 9.24. The predicted octanol–water partition coefficient (Wildman–Crippen LogP) is 6.49. The van der Waals surface area contributed by atoms with Gasteiger partial charge in [0.2, 0.25) is 0 Å². The lowest BCUT2D eigenvalue weighted by Gasteiger charge is -2.44. The summed E-state index contributed by atoms with van der Waals surface area (Å²) in [6.07, 6.45) is -1.87. The van der Waals surface area contributed by atoms with Crippen LogP contribution < -0.4 is 5.32 Å². The van der Waals surface area contributed by atoms with E-state index in [1.54, 1.807) is 6.92 Å². The van der Waals surface area contributed by atoms with Gasteiger partial charge in [-0.15, -0.1) is 0 Å². The zero-order valence-electron chi connectivity index (χ0n) is 25.0. The molecular formula is C35H43NO6. The fraction of sp³-hybridized carbons (Fsp3) is 0.429. The number of hydrogen-bond donors (Lipinski definition) is 1. The van der Waals surface area contributed by atoms with Crippen LogP contribution in [0.1, 0.15) is 50.8 Å². The largest absolute Gasteiger partial charge is 0.439 e. The van der Waals surface area contributed by atoms with Gasteiger partial charge in [0.05, 0.1) is 25.4 Å². The van der Waals surface area contributed by atoms with Crippen molar-refractivity contribution in [1.82, 2.24) is 5.32 Å². The molecule has 1 saturated heterocycles. The van der Waals surface area contributed by atoms with Crippen molar-refractivity contribution >= 4 is 11.9 Å². The molecule has 0 spiro atoms. The summed E-state index contributed by atoms with van der Waals surface area (Å²) in [6.45, 7) is 8.34. The van der Waals surface area contributed by atoms with Crippen LogP contribution in [0.25, 0.3) is 0 Å². The molecule has 7 atom stereocenters. The first-order valence-corrected chi connectivity index (χ1v) is 14.8. The number of alkyl carbamates (subject to hydrolysis) is 1. The molecule has 0 saturated carbocycles. The summed E-state index contributed by atoms with van der Waals surface area (Å²) in [5, 5.41) is 2.93. The standard InChI is InChI=1S/C35H43NO6/c1-24(20-28-14-8-5-9-15-28)21-31(37)27(4)42-35(38)36-32-33(39-22-29-16-10-6-11-17-29)25(2)26(3)41-34(32)40-23-30-18-12-7-13-19-30/h5-19,24-27,32-34H,20-23H2,1-4H3,(H,36,38)/t24-,25+,26+,27+,32+,33-,34?/m0/s1. The van der Waals surface area contributed by atoms with Gasteiger partial charge in [-0.25, -0.2) is 4.79 Å². The molecule has 224 valence electrons. The van der Waals surface area contributed by atoms with Crippen LogP contribution in [-0.2, 0) is 43.4 Å². The Morgan fingerprint density at radius 3 is 1.88 bits per heavy atom. The van der Waals surface area contributed by atoms with Crippen LogP contribution in [-0.4, -0.2) is 42.5 Å². The van der Waals surface area contributed by atoms with E-state index >= 15 is 0 Å². The van der Waals surface area contributed by atoms with Crippen LogP contribution in [0, 0.1) is 11.8 Å². The topological polar surface area (TPSA) is 83.1 Å². The molecule has 3 aromatic carbocycles. The molecule has 7 heteroatoms. The van der Waals surface area contributed by atoms with Crippen LogP contribution >= 0.6 is 0 Å². The highest BCUT2D eigenvalue weighted by atomic mass is 16.7. The molecule has 0 radical (unpaired) electrons. The highest BCUT2D eigenvalue weighted by molar-refractivity contribution is 5.85. The van der Waals surface area contributed by atoms with E-state index in [0.717, 1.165) is 17.5 Å².